The minimum atomic E-state index is -1.06. The number of nitrogens with zero attached hydrogens (tertiary/aromatic N) is 3. The van der Waals surface area contributed by atoms with Gasteiger partial charge in [-0.25, -0.2) is 9.78 Å². The van der Waals surface area contributed by atoms with Crippen LogP contribution in [0.3, 0.4) is 0 Å². The standard InChI is InChI=1S/C17H15N3O3S/c1-9(17(22)23)20-14(10-4-3-7-18-8-10)19-15-13(16(20)21)11-5-2-6-12(11)24-15/h3-4,7-9H,2,5-6H2,1H3,(H,22,23). The van der Waals surface area contributed by atoms with Crippen molar-refractivity contribution in [1.29, 1.82) is 0 Å². The van der Waals surface area contributed by atoms with Crippen LogP contribution < -0.4 is 5.56 Å². The molecule has 3 aromatic heterocycles. The van der Waals surface area contributed by atoms with E-state index in [0.29, 0.717) is 21.6 Å². The molecule has 0 bridgehead atoms. The third-order valence-electron chi connectivity index (χ3n) is 4.44. The monoisotopic (exact) mass is 341 g/mol. The molecule has 1 atom stereocenters. The summed E-state index contributed by atoms with van der Waals surface area (Å²) >= 11 is 1.55. The molecule has 3 aromatic rings. The second kappa shape index (κ2) is 5.52. The SMILES string of the molecule is CC(C(=O)O)n1c(-c2cccnc2)nc2sc3c(c2c1=O)CCC3. The van der Waals surface area contributed by atoms with Gasteiger partial charge in [0, 0.05) is 22.8 Å². The Morgan fingerprint density at radius 2 is 2.25 bits per heavy atom. The first-order valence-electron chi connectivity index (χ1n) is 7.78. The number of aromatic nitrogens is 3. The van der Waals surface area contributed by atoms with E-state index in [0.717, 1.165) is 24.8 Å². The molecule has 0 aliphatic heterocycles. The van der Waals surface area contributed by atoms with Crippen LogP contribution in [-0.2, 0) is 17.6 Å². The summed E-state index contributed by atoms with van der Waals surface area (Å²) in [5.74, 6) is -0.703. The summed E-state index contributed by atoms with van der Waals surface area (Å²) in [7, 11) is 0. The zero-order valence-corrected chi connectivity index (χ0v) is 13.8. The Hall–Kier alpha value is -2.54. The number of fused-ring (bicyclic) bond motifs is 3. The number of hydrogen-bond donors (Lipinski definition) is 1. The highest BCUT2D eigenvalue weighted by Crippen LogP contribution is 2.36. The molecule has 4 rings (SSSR count). The topological polar surface area (TPSA) is 85.1 Å². The smallest absolute Gasteiger partial charge is 0.326 e. The van der Waals surface area contributed by atoms with Gasteiger partial charge in [0.25, 0.3) is 5.56 Å². The Kier molecular flexibility index (Phi) is 3.45. The number of pyridine rings is 1. The first-order valence-corrected chi connectivity index (χ1v) is 8.59. The summed E-state index contributed by atoms with van der Waals surface area (Å²) in [4.78, 5) is 35.3. The van der Waals surface area contributed by atoms with E-state index < -0.39 is 12.0 Å². The molecule has 0 saturated carbocycles. The molecule has 7 heteroatoms. The number of aliphatic carboxylic acids is 1. The molecular formula is C17H15N3O3S. The Morgan fingerprint density at radius 3 is 2.96 bits per heavy atom. The van der Waals surface area contributed by atoms with Crippen molar-refractivity contribution >= 4 is 27.5 Å². The number of rotatable bonds is 3. The van der Waals surface area contributed by atoms with E-state index in [-0.39, 0.29) is 5.56 Å². The van der Waals surface area contributed by atoms with Crippen LogP contribution in [0.1, 0.15) is 29.8 Å². The van der Waals surface area contributed by atoms with Crippen LogP contribution in [0, 0.1) is 0 Å². The molecule has 0 aromatic carbocycles. The molecule has 24 heavy (non-hydrogen) atoms. The predicted octanol–water partition coefficient (Wildman–Crippen LogP) is 2.65. The fourth-order valence-corrected chi connectivity index (χ4v) is 4.48. The summed E-state index contributed by atoms with van der Waals surface area (Å²) in [5, 5.41) is 10.0. The summed E-state index contributed by atoms with van der Waals surface area (Å²) in [6, 6.07) is 2.53. The van der Waals surface area contributed by atoms with Crippen molar-refractivity contribution < 1.29 is 9.90 Å². The zero-order valence-electron chi connectivity index (χ0n) is 13.0. The molecular weight excluding hydrogens is 326 g/mol. The molecule has 122 valence electrons. The van der Waals surface area contributed by atoms with Crippen molar-refractivity contribution in [2.45, 2.75) is 32.2 Å². The second-order valence-corrected chi connectivity index (χ2v) is 6.99. The lowest BCUT2D eigenvalue weighted by Crippen LogP contribution is -2.30. The molecule has 0 amide bonds. The average Bonchev–Trinajstić information content (AvgIpc) is 3.15. The highest BCUT2D eigenvalue weighted by Gasteiger charge is 2.27. The van der Waals surface area contributed by atoms with E-state index in [1.807, 2.05) is 0 Å². The lowest BCUT2D eigenvalue weighted by atomic mass is 10.1. The number of carbonyl (C=O) groups is 1. The molecule has 1 aliphatic carbocycles. The van der Waals surface area contributed by atoms with Gasteiger partial charge >= 0.3 is 5.97 Å². The van der Waals surface area contributed by atoms with E-state index in [1.165, 1.54) is 16.4 Å². The third-order valence-corrected chi connectivity index (χ3v) is 5.62. The summed E-state index contributed by atoms with van der Waals surface area (Å²) in [6.45, 7) is 1.50. The highest BCUT2D eigenvalue weighted by atomic mass is 32.1. The predicted molar refractivity (Wildman–Crippen MR) is 91.5 cm³/mol. The molecule has 6 nitrogen and oxygen atoms in total. The Labute approximate surface area is 141 Å². The van der Waals surface area contributed by atoms with E-state index in [4.69, 9.17) is 0 Å². The number of thiophene rings is 1. The van der Waals surface area contributed by atoms with Crippen LogP contribution in [-0.4, -0.2) is 25.6 Å². The number of hydrogen-bond acceptors (Lipinski definition) is 5. The van der Waals surface area contributed by atoms with Gasteiger partial charge in [0.2, 0.25) is 0 Å². The molecule has 3 heterocycles. The molecule has 0 spiro atoms. The highest BCUT2D eigenvalue weighted by molar-refractivity contribution is 7.18. The van der Waals surface area contributed by atoms with Gasteiger partial charge in [0.15, 0.2) is 0 Å². The van der Waals surface area contributed by atoms with Crippen LogP contribution in [0.25, 0.3) is 21.6 Å². The van der Waals surface area contributed by atoms with Gasteiger partial charge in [-0.15, -0.1) is 11.3 Å². The first kappa shape index (κ1) is 15.0. The van der Waals surface area contributed by atoms with Crippen molar-refractivity contribution in [3.05, 3.63) is 45.3 Å². The molecule has 0 saturated heterocycles. The first-order chi connectivity index (χ1) is 11.6. The van der Waals surface area contributed by atoms with Gasteiger partial charge < -0.3 is 5.11 Å². The number of carboxylic acid groups (broad SMARTS) is 1. The maximum Gasteiger partial charge on any atom is 0.326 e. The van der Waals surface area contributed by atoms with Gasteiger partial charge in [-0.3, -0.25) is 14.3 Å². The normalized spacial score (nSPS) is 14.7. The van der Waals surface area contributed by atoms with Crippen LogP contribution in [0.15, 0.2) is 29.3 Å². The molecule has 0 fully saturated rings. The lowest BCUT2D eigenvalue weighted by Gasteiger charge is -2.16. The maximum absolute atomic E-state index is 13.1. The summed E-state index contributed by atoms with van der Waals surface area (Å²) < 4.78 is 1.28. The van der Waals surface area contributed by atoms with Crippen molar-refractivity contribution in [3.63, 3.8) is 0 Å². The second-order valence-electron chi connectivity index (χ2n) is 5.90. The Bertz CT molecular complexity index is 1010. The van der Waals surface area contributed by atoms with Gasteiger partial charge in [0.1, 0.15) is 16.7 Å². The van der Waals surface area contributed by atoms with E-state index in [9.17, 15) is 14.7 Å². The summed E-state index contributed by atoms with van der Waals surface area (Å²) in [6.07, 6.45) is 6.09. The maximum atomic E-state index is 13.1. The fourth-order valence-electron chi connectivity index (χ4n) is 3.22. The van der Waals surface area contributed by atoms with Gasteiger partial charge in [0.05, 0.1) is 5.39 Å². The molecule has 0 radical (unpaired) electrons. The zero-order chi connectivity index (χ0) is 16.8. The molecule has 1 aliphatic rings. The van der Waals surface area contributed by atoms with Crippen molar-refractivity contribution in [2.75, 3.05) is 0 Å². The van der Waals surface area contributed by atoms with Gasteiger partial charge in [-0.2, -0.15) is 0 Å². The van der Waals surface area contributed by atoms with Crippen molar-refractivity contribution in [2.24, 2.45) is 0 Å². The van der Waals surface area contributed by atoms with E-state index in [1.54, 1.807) is 35.9 Å². The lowest BCUT2D eigenvalue weighted by molar-refractivity contribution is -0.140. The number of carboxylic acids is 1. The fraction of sp³-hybridized carbons (Fsp3) is 0.294. The third kappa shape index (κ3) is 2.16. The van der Waals surface area contributed by atoms with Gasteiger partial charge in [-0.1, -0.05) is 0 Å². The molecule has 1 N–H and O–H groups in total. The number of aryl methyl sites for hydroxylation is 2. The largest absolute Gasteiger partial charge is 0.480 e. The minimum Gasteiger partial charge on any atom is -0.480 e. The quantitative estimate of drug-likeness (QED) is 0.791. The van der Waals surface area contributed by atoms with Gasteiger partial charge in [-0.05, 0) is 43.9 Å². The van der Waals surface area contributed by atoms with Crippen LogP contribution >= 0.6 is 11.3 Å². The summed E-state index contributed by atoms with van der Waals surface area (Å²) in [5.41, 5.74) is 1.42. The van der Waals surface area contributed by atoms with Crippen molar-refractivity contribution in [3.8, 4) is 11.4 Å². The molecule has 1 unspecified atom stereocenters. The van der Waals surface area contributed by atoms with Crippen molar-refractivity contribution in [1.82, 2.24) is 14.5 Å². The Morgan fingerprint density at radius 1 is 1.42 bits per heavy atom. The van der Waals surface area contributed by atoms with Crippen LogP contribution in [0.5, 0.6) is 0 Å². The minimum absolute atomic E-state index is 0.270. The Balaban J connectivity index is 2.09. The van der Waals surface area contributed by atoms with Crippen LogP contribution in [0.2, 0.25) is 0 Å². The van der Waals surface area contributed by atoms with Crippen LogP contribution in [0.4, 0.5) is 0 Å². The van der Waals surface area contributed by atoms with E-state index >= 15 is 0 Å². The van der Waals surface area contributed by atoms with E-state index in [2.05, 4.69) is 9.97 Å². The average molecular weight is 341 g/mol.